The van der Waals surface area contributed by atoms with Crippen molar-refractivity contribution in [3.05, 3.63) is 12.7 Å². The zero-order valence-corrected chi connectivity index (χ0v) is 33.8. The first-order valence-electron chi connectivity index (χ1n) is 18.4. The predicted molar refractivity (Wildman–Crippen MR) is 197 cm³/mol. The summed E-state index contributed by atoms with van der Waals surface area (Å²) in [5, 5.41) is 15.4. The van der Waals surface area contributed by atoms with Gasteiger partial charge < -0.3 is 39.4 Å². The van der Waals surface area contributed by atoms with Crippen molar-refractivity contribution in [2.24, 2.45) is 21.7 Å². The maximum atomic E-state index is 13.0. The van der Waals surface area contributed by atoms with Crippen molar-refractivity contribution in [2.75, 3.05) is 33.0 Å². The maximum absolute atomic E-state index is 13.0. The molecule has 2 unspecified atom stereocenters. The lowest BCUT2D eigenvalue weighted by atomic mass is 9.62. The van der Waals surface area contributed by atoms with Crippen molar-refractivity contribution in [2.45, 2.75) is 151 Å². The second-order valence-corrected chi connectivity index (χ2v) is 18.4. The highest BCUT2D eigenvalue weighted by Crippen LogP contribution is 2.46. The average molecular weight is 741 g/mol. The Morgan fingerprint density at radius 2 is 1.33 bits per heavy atom. The normalized spacial score (nSPS) is 19.1. The highest BCUT2D eigenvalue weighted by atomic mass is 16.6. The molecular formula is C39H68N2O11. The third kappa shape index (κ3) is 20.0. The number of rotatable bonds is 21. The first-order valence-corrected chi connectivity index (χ1v) is 18.4. The molecule has 2 atom stereocenters. The number of hydrogen-bond acceptors (Lipinski definition) is 11. The summed E-state index contributed by atoms with van der Waals surface area (Å²) in [6, 6.07) is -0.181. The van der Waals surface area contributed by atoms with E-state index in [0.29, 0.717) is 38.6 Å². The molecule has 1 aliphatic rings. The molecule has 3 N–H and O–H groups in total. The van der Waals surface area contributed by atoms with Gasteiger partial charge >= 0.3 is 30.1 Å². The first-order chi connectivity index (χ1) is 23.7. The van der Waals surface area contributed by atoms with Crippen molar-refractivity contribution in [3.8, 4) is 0 Å². The zero-order chi connectivity index (χ0) is 40.0. The molecule has 52 heavy (non-hydrogen) atoms. The van der Waals surface area contributed by atoms with Gasteiger partial charge in [0.2, 0.25) is 0 Å². The third-order valence-corrected chi connectivity index (χ3v) is 8.78. The van der Waals surface area contributed by atoms with Gasteiger partial charge in [0.05, 0.1) is 6.61 Å². The van der Waals surface area contributed by atoms with Crippen LogP contribution in [0.25, 0.3) is 0 Å². The van der Waals surface area contributed by atoms with E-state index in [0.717, 1.165) is 18.9 Å². The molecule has 0 aromatic heterocycles. The molecule has 300 valence electrons. The summed E-state index contributed by atoms with van der Waals surface area (Å²) in [4.78, 5) is 61.4. The molecule has 2 amide bonds. The Bertz CT molecular complexity index is 1220. The van der Waals surface area contributed by atoms with Crippen LogP contribution >= 0.6 is 0 Å². The fourth-order valence-electron chi connectivity index (χ4n) is 7.72. The summed E-state index contributed by atoms with van der Waals surface area (Å²) >= 11 is 0. The lowest BCUT2D eigenvalue weighted by Gasteiger charge is -2.46. The van der Waals surface area contributed by atoms with Crippen molar-refractivity contribution >= 4 is 30.1 Å². The van der Waals surface area contributed by atoms with Crippen LogP contribution < -0.4 is 10.6 Å². The van der Waals surface area contributed by atoms with Crippen LogP contribution in [0.2, 0.25) is 0 Å². The van der Waals surface area contributed by atoms with Gasteiger partial charge in [-0.2, -0.15) is 0 Å². The van der Waals surface area contributed by atoms with Gasteiger partial charge in [0, 0.05) is 43.5 Å². The van der Waals surface area contributed by atoms with E-state index in [1.807, 2.05) is 55.4 Å². The number of hydrogen-bond donors (Lipinski definition) is 3. The summed E-state index contributed by atoms with van der Waals surface area (Å²) < 4.78 is 27.0. The lowest BCUT2D eigenvalue weighted by molar-refractivity contribution is -0.160. The molecule has 1 saturated carbocycles. The molecule has 0 aromatic rings. The van der Waals surface area contributed by atoms with Gasteiger partial charge in [-0.3, -0.25) is 9.59 Å². The Balaban J connectivity index is 2.50. The minimum absolute atomic E-state index is 0.00420. The van der Waals surface area contributed by atoms with E-state index in [-0.39, 0.29) is 73.5 Å². The molecule has 1 aliphatic carbocycles. The van der Waals surface area contributed by atoms with Gasteiger partial charge in [-0.05, 0) is 88.9 Å². The third-order valence-electron chi connectivity index (χ3n) is 8.78. The Hall–Kier alpha value is -3.35. The second-order valence-electron chi connectivity index (χ2n) is 18.4. The number of carbonyl (C=O) groups is 5. The topological polar surface area (TPSA) is 176 Å². The maximum Gasteiger partial charge on any atom is 0.407 e. The number of aliphatic hydroxyl groups excluding tert-OH is 1. The van der Waals surface area contributed by atoms with Crippen molar-refractivity contribution < 1.29 is 52.8 Å². The molecule has 0 aliphatic heterocycles. The highest BCUT2D eigenvalue weighted by molar-refractivity contribution is 5.81. The van der Waals surface area contributed by atoms with Crippen LogP contribution in [0.5, 0.6) is 0 Å². The number of aliphatic hydroxyl groups is 1. The van der Waals surface area contributed by atoms with Gasteiger partial charge in [-0.1, -0.05) is 55.0 Å². The summed E-state index contributed by atoms with van der Waals surface area (Å²) in [5.41, 5.74) is -2.86. The minimum Gasteiger partial charge on any atom is -0.465 e. The smallest absolute Gasteiger partial charge is 0.407 e. The van der Waals surface area contributed by atoms with Gasteiger partial charge in [0.1, 0.15) is 24.4 Å². The van der Waals surface area contributed by atoms with E-state index >= 15 is 0 Å². The number of carbonyl (C=O) groups excluding carboxylic acids is 5. The molecule has 0 spiro atoms. The number of ether oxygens (including phenoxy) is 5. The molecule has 13 nitrogen and oxygen atoms in total. The van der Waals surface area contributed by atoms with Crippen molar-refractivity contribution in [1.82, 2.24) is 10.6 Å². The SMILES string of the molecule is C=CC(=O)OCCOC(=O)NC1CC(C)(C)CC(C)(CNC(=O)OC(C)(C)CC(C)(C)COC(=O)CCCCC(=O)OC(C)(C)CC(C)(C)CO)C1. The first kappa shape index (κ1) is 46.7. The fourth-order valence-corrected chi connectivity index (χ4v) is 7.72. The lowest BCUT2D eigenvalue weighted by Crippen LogP contribution is -2.51. The average Bonchev–Trinajstić information content (AvgIpc) is 2.96. The fraction of sp³-hybridized carbons (Fsp3) is 0.821. The minimum atomic E-state index is -0.860. The number of alkyl carbamates (subject to hydrolysis) is 2. The second kappa shape index (κ2) is 19.6. The number of amides is 2. The van der Waals surface area contributed by atoms with Gasteiger partial charge in [-0.25, -0.2) is 14.4 Å². The van der Waals surface area contributed by atoms with Crippen molar-refractivity contribution in [3.63, 3.8) is 0 Å². The molecule has 13 heteroatoms. The Morgan fingerprint density at radius 3 is 1.92 bits per heavy atom. The number of unbranched alkanes of at least 4 members (excludes halogenated alkanes) is 1. The van der Waals surface area contributed by atoms with Crippen LogP contribution in [0, 0.1) is 21.7 Å². The van der Waals surface area contributed by atoms with E-state index < -0.39 is 34.8 Å². The largest absolute Gasteiger partial charge is 0.465 e. The molecule has 1 fully saturated rings. The molecule has 0 bridgehead atoms. The van der Waals surface area contributed by atoms with Crippen LogP contribution in [-0.2, 0) is 38.1 Å². The van der Waals surface area contributed by atoms with E-state index in [1.165, 1.54) is 0 Å². The van der Waals surface area contributed by atoms with E-state index in [9.17, 15) is 29.1 Å². The predicted octanol–water partition coefficient (Wildman–Crippen LogP) is 6.78. The van der Waals surface area contributed by atoms with Crippen molar-refractivity contribution in [1.29, 1.82) is 0 Å². The number of nitrogens with one attached hydrogen (secondary N) is 2. The van der Waals surface area contributed by atoms with E-state index in [2.05, 4.69) is 38.0 Å². The van der Waals surface area contributed by atoms with Gasteiger partial charge in [0.25, 0.3) is 0 Å². The van der Waals surface area contributed by atoms with Gasteiger partial charge in [-0.15, -0.1) is 0 Å². The van der Waals surface area contributed by atoms with E-state index in [4.69, 9.17) is 23.7 Å². The molecular weight excluding hydrogens is 672 g/mol. The molecule has 0 radical (unpaired) electrons. The Labute approximate surface area is 311 Å². The Morgan fingerprint density at radius 1 is 0.769 bits per heavy atom. The molecule has 0 saturated heterocycles. The number of esters is 3. The van der Waals surface area contributed by atoms with Gasteiger partial charge in [0.15, 0.2) is 0 Å². The zero-order valence-electron chi connectivity index (χ0n) is 33.8. The summed E-state index contributed by atoms with van der Waals surface area (Å²) in [6.45, 7) is 25.0. The van der Waals surface area contributed by atoms with Crippen LogP contribution in [0.4, 0.5) is 9.59 Å². The monoisotopic (exact) mass is 740 g/mol. The quantitative estimate of drug-likeness (QED) is 0.0489. The summed E-state index contributed by atoms with van der Waals surface area (Å²) in [7, 11) is 0. The summed E-state index contributed by atoms with van der Waals surface area (Å²) in [5.74, 6) is -1.28. The van der Waals surface area contributed by atoms with E-state index in [1.54, 1.807) is 0 Å². The van der Waals surface area contributed by atoms with Crippen LogP contribution in [-0.4, -0.2) is 85.4 Å². The van der Waals surface area contributed by atoms with Crippen LogP contribution in [0.15, 0.2) is 12.7 Å². The molecule has 1 rings (SSSR count). The molecule has 0 heterocycles. The highest BCUT2D eigenvalue weighted by Gasteiger charge is 2.42. The summed E-state index contributed by atoms with van der Waals surface area (Å²) in [6.07, 6.45) is 4.35. The van der Waals surface area contributed by atoms with Crippen LogP contribution in [0.1, 0.15) is 134 Å². The Kier molecular flexibility index (Phi) is 17.6. The van der Waals surface area contributed by atoms with Crippen LogP contribution in [0.3, 0.4) is 0 Å². The molecule has 0 aromatic carbocycles. The standard InChI is InChI=1S/C39H68N2O11/c1-13-29(43)48-18-19-49-33(47)41-28-20-34(2,3)24-39(12,21-28)25-40-32(46)52-38(10,11)23-36(6,7)27-50-30(44)16-14-15-17-31(45)51-37(8,9)22-35(4,5)26-42/h13,28,42H,1,14-27H2,2-12H3,(H,40,46)(H,41,47).